The molecule has 0 saturated carbocycles. The van der Waals surface area contributed by atoms with Crippen molar-refractivity contribution in [3.05, 3.63) is 42.2 Å². The topological polar surface area (TPSA) is 70.1 Å². The summed E-state index contributed by atoms with van der Waals surface area (Å²) < 4.78 is 23.2. The number of carbonyl (C=O) groups excluding carboxylic acids is 1. The molecule has 0 unspecified atom stereocenters. The molecule has 1 saturated heterocycles. The van der Waals surface area contributed by atoms with E-state index in [4.69, 9.17) is 18.9 Å². The zero-order valence-electron chi connectivity index (χ0n) is 17.9. The number of amides is 1. The highest BCUT2D eigenvalue weighted by molar-refractivity contribution is 5.95. The van der Waals surface area contributed by atoms with Gasteiger partial charge >= 0.3 is 0 Å². The van der Waals surface area contributed by atoms with Crippen molar-refractivity contribution in [2.75, 3.05) is 32.9 Å². The molecule has 30 heavy (non-hydrogen) atoms. The smallest absolute Gasteiger partial charge is 0.254 e. The van der Waals surface area contributed by atoms with Crippen LogP contribution in [0, 0.1) is 0 Å². The minimum Gasteiger partial charge on any atom is -0.490 e. The standard InChI is InChI=1S/C23H30N2O5/c1-4-27-20-14-17(15-21(28-5-2)22(20)29-6-3)23(26)25-12-9-18(10-13-25)30-19-8-7-11-24-16-19/h7-8,11,14-16,18H,4-6,9-10,12-13H2,1-3H3. The van der Waals surface area contributed by atoms with Crippen LogP contribution in [0.2, 0.25) is 0 Å². The average Bonchev–Trinajstić information content (AvgIpc) is 2.77. The van der Waals surface area contributed by atoms with Crippen LogP contribution < -0.4 is 18.9 Å². The van der Waals surface area contributed by atoms with Gasteiger partial charge in [-0.25, -0.2) is 0 Å². The van der Waals surface area contributed by atoms with E-state index in [0.717, 1.165) is 18.6 Å². The van der Waals surface area contributed by atoms with E-state index < -0.39 is 0 Å². The number of aromatic nitrogens is 1. The zero-order valence-corrected chi connectivity index (χ0v) is 17.9. The minimum atomic E-state index is -0.0419. The van der Waals surface area contributed by atoms with E-state index in [9.17, 15) is 4.79 Å². The van der Waals surface area contributed by atoms with Gasteiger partial charge in [-0.3, -0.25) is 9.78 Å². The molecule has 0 N–H and O–H groups in total. The molecule has 7 nitrogen and oxygen atoms in total. The fourth-order valence-corrected chi connectivity index (χ4v) is 3.48. The molecular formula is C23H30N2O5. The third kappa shape index (κ3) is 5.34. The highest BCUT2D eigenvalue weighted by Crippen LogP contribution is 2.39. The summed E-state index contributed by atoms with van der Waals surface area (Å²) in [6.45, 7) is 8.39. The Kier molecular flexibility index (Phi) is 7.76. The molecule has 7 heteroatoms. The Balaban J connectivity index is 1.71. The van der Waals surface area contributed by atoms with E-state index in [1.54, 1.807) is 24.5 Å². The second-order valence-corrected chi connectivity index (χ2v) is 6.90. The van der Waals surface area contributed by atoms with Gasteiger partial charge in [0.05, 0.1) is 26.0 Å². The molecule has 1 aromatic carbocycles. The van der Waals surface area contributed by atoms with Gasteiger partial charge in [-0.2, -0.15) is 0 Å². The van der Waals surface area contributed by atoms with Crippen molar-refractivity contribution in [1.82, 2.24) is 9.88 Å². The predicted octanol–water partition coefficient (Wildman–Crippen LogP) is 3.96. The molecule has 0 bridgehead atoms. The van der Waals surface area contributed by atoms with Crippen molar-refractivity contribution in [2.24, 2.45) is 0 Å². The van der Waals surface area contributed by atoms with Crippen LogP contribution in [-0.4, -0.2) is 54.8 Å². The van der Waals surface area contributed by atoms with Gasteiger partial charge in [0, 0.05) is 37.7 Å². The number of nitrogens with zero attached hydrogens (tertiary/aromatic N) is 2. The highest BCUT2D eigenvalue weighted by Gasteiger charge is 2.27. The number of hydrogen-bond donors (Lipinski definition) is 0. The molecule has 0 radical (unpaired) electrons. The third-order valence-corrected chi connectivity index (χ3v) is 4.82. The summed E-state index contributed by atoms with van der Waals surface area (Å²) in [5.74, 6) is 2.32. The van der Waals surface area contributed by atoms with Gasteiger partial charge in [0.15, 0.2) is 11.5 Å². The van der Waals surface area contributed by atoms with Crippen LogP contribution in [0.4, 0.5) is 0 Å². The minimum absolute atomic E-state index is 0.0419. The molecule has 1 aliphatic heterocycles. The van der Waals surface area contributed by atoms with Crippen LogP contribution in [0.5, 0.6) is 23.0 Å². The largest absolute Gasteiger partial charge is 0.490 e. The first-order valence-electron chi connectivity index (χ1n) is 10.6. The predicted molar refractivity (Wildman–Crippen MR) is 114 cm³/mol. The first-order valence-corrected chi connectivity index (χ1v) is 10.6. The molecule has 1 amide bonds. The van der Waals surface area contributed by atoms with Gasteiger partial charge in [-0.15, -0.1) is 0 Å². The fraction of sp³-hybridized carbons (Fsp3) is 0.478. The Labute approximate surface area is 177 Å². The molecular weight excluding hydrogens is 384 g/mol. The highest BCUT2D eigenvalue weighted by atomic mass is 16.5. The molecule has 0 spiro atoms. The maximum Gasteiger partial charge on any atom is 0.254 e. The average molecular weight is 415 g/mol. The van der Waals surface area contributed by atoms with Gasteiger partial charge in [-0.05, 0) is 45.0 Å². The van der Waals surface area contributed by atoms with Crippen molar-refractivity contribution in [2.45, 2.75) is 39.7 Å². The van der Waals surface area contributed by atoms with E-state index in [0.29, 0.717) is 55.7 Å². The first kappa shape index (κ1) is 21.7. The molecule has 0 aliphatic carbocycles. The Morgan fingerprint density at radius 1 is 1.03 bits per heavy atom. The molecule has 3 rings (SSSR count). The second kappa shape index (κ2) is 10.7. The quantitative estimate of drug-likeness (QED) is 0.619. The molecule has 162 valence electrons. The second-order valence-electron chi connectivity index (χ2n) is 6.90. The van der Waals surface area contributed by atoms with Crippen LogP contribution in [-0.2, 0) is 0 Å². The van der Waals surface area contributed by atoms with Gasteiger partial charge in [-0.1, -0.05) is 0 Å². The van der Waals surface area contributed by atoms with Crippen molar-refractivity contribution in [1.29, 1.82) is 0 Å². The SMILES string of the molecule is CCOc1cc(C(=O)N2CCC(Oc3cccnc3)CC2)cc(OCC)c1OCC. The van der Waals surface area contributed by atoms with Crippen molar-refractivity contribution >= 4 is 5.91 Å². The van der Waals surface area contributed by atoms with E-state index in [1.807, 2.05) is 37.8 Å². The fourth-order valence-electron chi connectivity index (χ4n) is 3.48. The van der Waals surface area contributed by atoms with E-state index in [2.05, 4.69) is 4.98 Å². The van der Waals surface area contributed by atoms with Crippen LogP contribution in [0.15, 0.2) is 36.7 Å². The number of hydrogen-bond acceptors (Lipinski definition) is 6. The molecule has 1 aromatic heterocycles. The molecule has 2 heterocycles. The lowest BCUT2D eigenvalue weighted by atomic mass is 10.1. The molecule has 1 fully saturated rings. The normalized spacial score (nSPS) is 14.3. The summed E-state index contributed by atoms with van der Waals surface area (Å²) in [7, 11) is 0. The van der Waals surface area contributed by atoms with E-state index in [1.165, 1.54) is 0 Å². The lowest BCUT2D eigenvalue weighted by Gasteiger charge is -2.32. The van der Waals surface area contributed by atoms with E-state index >= 15 is 0 Å². The number of pyridine rings is 1. The molecule has 0 atom stereocenters. The van der Waals surface area contributed by atoms with Crippen LogP contribution in [0.3, 0.4) is 0 Å². The lowest BCUT2D eigenvalue weighted by molar-refractivity contribution is 0.0594. The number of likely N-dealkylation sites (tertiary alicyclic amines) is 1. The molecule has 2 aromatic rings. The summed E-state index contributed by atoms with van der Waals surface area (Å²) in [6.07, 6.45) is 5.05. The number of ether oxygens (including phenoxy) is 4. The first-order chi connectivity index (χ1) is 14.7. The van der Waals surface area contributed by atoms with Crippen molar-refractivity contribution in [3.8, 4) is 23.0 Å². The summed E-state index contributed by atoms with van der Waals surface area (Å²) in [4.78, 5) is 19.1. The van der Waals surface area contributed by atoms with Crippen LogP contribution >= 0.6 is 0 Å². The number of benzene rings is 1. The Morgan fingerprint density at radius 3 is 2.20 bits per heavy atom. The Hall–Kier alpha value is -2.96. The summed E-state index contributed by atoms with van der Waals surface area (Å²) in [5, 5.41) is 0. The van der Waals surface area contributed by atoms with Crippen molar-refractivity contribution < 1.29 is 23.7 Å². The summed E-state index contributed by atoms with van der Waals surface area (Å²) in [6, 6.07) is 7.25. The van der Waals surface area contributed by atoms with Crippen molar-refractivity contribution in [3.63, 3.8) is 0 Å². The van der Waals surface area contributed by atoms with E-state index in [-0.39, 0.29) is 12.0 Å². The Morgan fingerprint density at radius 2 is 1.67 bits per heavy atom. The van der Waals surface area contributed by atoms with Crippen LogP contribution in [0.25, 0.3) is 0 Å². The number of rotatable bonds is 9. The summed E-state index contributed by atoms with van der Waals surface area (Å²) >= 11 is 0. The maximum absolute atomic E-state index is 13.2. The number of carbonyl (C=O) groups is 1. The van der Waals surface area contributed by atoms with Gasteiger partial charge < -0.3 is 23.8 Å². The molecule has 1 aliphatic rings. The lowest BCUT2D eigenvalue weighted by Crippen LogP contribution is -2.41. The Bertz CT molecular complexity index is 793. The maximum atomic E-state index is 13.2. The summed E-state index contributed by atoms with van der Waals surface area (Å²) in [5.41, 5.74) is 0.539. The van der Waals surface area contributed by atoms with Crippen LogP contribution in [0.1, 0.15) is 44.0 Å². The zero-order chi connectivity index (χ0) is 21.3. The number of piperidine rings is 1. The van der Waals surface area contributed by atoms with Gasteiger partial charge in [0.2, 0.25) is 5.75 Å². The monoisotopic (exact) mass is 414 g/mol. The van der Waals surface area contributed by atoms with Gasteiger partial charge in [0.25, 0.3) is 5.91 Å². The van der Waals surface area contributed by atoms with Gasteiger partial charge in [0.1, 0.15) is 11.9 Å². The third-order valence-electron chi connectivity index (χ3n) is 4.82.